The number of anilines is 1. The smallest absolute Gasteiger partial charge is 0.341 e. The van der Waals surface area contributed by atoms with E-state index in [1.807, 2.05) is 6.92 Å². The second kappa shape index (κ2) is 5.31. The van der Waals surface area contributed by atoms with Crippen LogP contribution >= 0.6 is 0 Å². The number of carboxylic acid groups (broad SMARTS) is 1. The molecular formula is C10H17N3O3S. The summed E-state index contributed by atoms with van der Waals surface area (Å²) in [6.45, 7) is 3.51. The van der Waals surface area contributed by atoms with E-state index in [0.717, 1.165) is 0 Å². The number of aryl methyl sites for hydroxylation is 2. The first-order valence-corrected chi connectivity index (χ1v) is 6.89. The van der Waals surface area contributed by atoms with Crippen LogP contribution in [0.25, 0.3) is 0 Å². The molecule has 0 radical (unpaired) electrons. The molecule has 0 aliphatic carbocycles. The Bertz CT molecular complexity index is 456. The van der Waals surface area contributed by atoms with Gasteiger partial charge in [0.15, 0.2) is 0 Å². The standard InChI is InChI=1S/C10H17N3O3S/c1-6(5-17(4)16)11-9-8(10(14)15)7(2)12-13(9)3/h6,11H,5H2,1-4H3,(H,14,15). The zero-order valence-electron chi connectivity index (χ0n) is 10.4. The molecular weight excluding hydrogens is 242 g/mol. The van der Waals surface area contributed by atoms with Gasteiger partial charge >= 0.3 is 5.97 Å². The van der Waals surface area contributed by atoms with Crippen molar-refractivity contribution >= 4 is 22.6 Å². The molecule has 0 amide bonds. The Kier molecular flexibility index (Phi) is 4.28. The van der Waals surface area contributed by atoms with Gasteiger partial charge in [0.05, 0.1) is 5.69 Å². The molecule has 0 saturated carbocycles. The number of nitrogens with one attached hydrogen (secondary N) is 1. The average molecular weight is 259 g/mol. The van der Waals surface area contributed by atoms with E-state index < -0.39 is 16.8 Å². The zero-order valence-corrected chi connectivity index (χ0v) is 11.2. The zero-order chi connectivity index (χ0) is 13.2. The molecule has 2 N–H and O–H groups in total. The maximum Gasteiger partial charge on any atom is 0.341 e. The Hall–Kier alpha value is -1.37. The third-order valence-electron chi connectivity index (χ3n) is 2.30. The van der Waals surface area contributed by atoms with Gasteiger partial charge in [-0.15, -0.1) is 0 Å². The van der Waals surface area contributed by atoms with Crippen LogP contribution in [0.5, 0.6) is 0 Å². The summed E-state index contributed by atoms with van der Waals surface area (Å²) in [6.07, 6.45) is 1.62. The highest BCUT2D eigenvalue weighted by atomic mass is 32.2. The van der Waals surface area contributed by atoms with Crippen LogP contribution in [0.4, 0.5) is 5.82 Å². The second-order valence-corrected chi connectivity index (χ2v) is 5.50. The molecule has 0 aliphatic rings. The van der Waals surface area contributed by atoms with E-state index in [0.29, 0.717) is 17.3 Å². The number of nitrogens with zero attached hydrogens (tertiary/aromatic N) is 2. The number of hydrogen-bond acceptors (Lipinski definition) is 4. The minimum Gasteiger partial charge on any atom is -0.477 e. The van der Waals surface area contributed by atoms with Crippen LogP contribution in [0.3, 0.4) is 0 Å². The van der Waals surface area contributed by atoms with Gasteiger partial charge in [-0.1, -0.05) is 0 Å². The third-order valence-corrected chi connectivity index (χ3v) is 3.27. The summed E-state index contributed by atoms with van der Waals surface area (Å²) in [4.78, 5) is 11.1. The molecule has 96 valence electrons. The monoisotopic (exact) mass is 259 g/mol. The lowest BCUT2D eigenvalue weighted by atomic mass is 10.2. The number of carbonyl (C=O) groups is 1. The molecule has 7 heteroatoms. The first kappa shape index (κ1) is 13.7. The number of aromatic carboxylic acids is 1. The lowest BCUT2D eigenvalue weighted by Crippen LogP contribution is -2.24. The van der Waals surface area contributed by atoms with Crippen LogP contribution in [0.1, 0.15) is 23.0 Å². The van der Waals surface area contributed by atoms with Gasteiger partial charge in [0.2, 0.25) is 0 Å². The summed E-state index contributed by atoms with van der Waals surface area (Å²) in [5.74, 6) is -0.0978. The highest BCUT2D eigenvalue weighted by molar-refractivity contribution is 7.84. The number of aromatic nitrogens is 2. The molecule has 0 spiro atoms. The first-order valence-electron chi connectivity index (χ1n) is 5.16. The van der Waals surface area contributed by atoms with Crippen molar-refractivity contribution in [3.05, 3.63) is 11.3 Å². The summed E-state index contributed by atoms with van der Waals surface area (Å²) < 4.78 is 12.6. The fourth-order valence-electron chi connectivity index (χ4n) is 1.71. The SMILES string of the molecule is Cc1nn(C)c(NC(C)CS(C)=O)c1C(=O)O. The number of rotatable bonds is 5. The van der Waals surface area contributed by atoms with Gasteiger partial charge < -0.3 is 10.4 Å². The van der Waals surface area contributed by atoms with E-state index in [-0.39, 0.29) is 11.6 Å². The number of hydrogen-bond donors (Lipinski definition) is 2. The first-order chi connectivity index (χ1) is 7.82. The normalized spacial score (nSPS) is 14.4. The van der Waals surface area contributed by atoms with E-state index in [1.165, 1.54) is 4.68 Å². The Morgan fingerprint density at radius 3 is 2.71 bits per heavy atom. The Labute approximate surface area is 102 Å². The maximum absolute atomic E-state index is 11.1. The van der Waals surface area contributed by atoms with E-state index in [2.05, 4.69) is 10.4 Å². The van der Waals surface area contributed by atoms with Crippen molar-refractivity contribution in [2.24, 2.45) is 7.05 Å². The van der Waals surface area contributed by atoms with Gasteiger partial charge in [-0.25, -0.2) is 4.79 Å². The lowest BCUT2D eigenvalue weighted by Gasteiger charge is -2.14. The molecule has 1 aromatic heterocycles. The van der Waals surface area contributed by atoms with Crippen LogP contribution in [0, 0.1) is 6.92 Å². The van der Waals surface area contributed by atoms with Crippen LogP contribution in [0.15, 0.2) is 0 Å². The highest BCUT2D eigenvalue weighted by Gasteiger charge is 2.20. The molecule has 0 saturated heterocycles. The molecule has 2 atom stereocenters. The Morgan fingerprint density at radius 1 is 1.65 bits per heavy atom. The predicted molar refractivity (Wildman–Crippen MR) is 66.9 cm³/mol. The minimum absolute atomic E-state index is 0.0752. The van der Waals surface area contributed by atoms with Crippen LogP contribution in [0.2, 0.25) is 0 Å². The maximum atomic E-state index is 11.1. The fraction of sp³-hybridized carbons (Fsp3) is 0.600. The van der Waals surface area contributed by atoms with E-state index >= 15 is 0 Å². The van der Waals surface area contributed by atoms with Crippen molar-refractivity contribution in [1.29, 1.82) is 0 Å². The summed E-state index contributed by atoms with van der Waals surface area (Å²) in [5, 5.41) is 16.2. The van der Waals surface area contributed by atoms with Crippen molar-refractivity contribution in [3.8, 4) is 0 Å². The van der Waals surface area contributed by atoms with Gasteiger partial charge in [-0.3, -0.25) is 8.89 Å². The average Bonchev–Trinajstić information content (AvgIpc) is 2.39. The van der Waals surface area contributed by atoms with E-state index in [1.54, 1.807) is 20.2 Å². The molecule has 1 rings (SSSR count). The van der Waals surface area contributed by atoms with Gasteiger partial charge in [-0.05, 0) is 13.8 Å². The summed E-state index contributed by atoms with van der Waals surface area (Å²) in [7, 11) is 0.752. The topological polar surface area (TPSA) is 84.2 Å². The molecule has 0 aromatic carbocycles. The van der Waals surface area contributed by atoms with Crippen LogP contribution in [-0.4, -0.2) is 43.1 Å². The Morgan fingerprint density at radius 2 is 2.24 bits per heavy atom. The minimum atomic E-state index is -1.01. The summed E-state index contributed by atoms with van der Waals surface area (Å²) in [5.41, 5.74) is 0.633. The largest absolute Gasteiger partial charge is 0.477 e. The molecule has 1 heterocycles. The number of carboxylic acids is 1. The van der Waals surface area contributed by atoms with Crippen molar-refractivity contribution in [1.82, 2.24) is 9.78 Å². The van der Waals surface area contributed by atoms with Gasteiger partial charge in [0.25, 0.3) is 0 Å². The van der Waals surface area contributed by atoms with E-state index in [4.69, 9.17) is 5.11 Å². The van der Waals surface area contributed by atoms with E-state index in [9.17, 15) is 9.00 Å². The highest BCUT2D eigenvalue weighted by Crippen LogP contribution is 2.19. The third kappa shape index (κ3) is 3.29. The molecule has 2 unspecified atom stereocenters. The van der Waals surface area contributed by atoms with Crippen molar-refractivity contribution in [2.45, 2.75) is 19.9 Å². The summed E-state index contributed by atoms with van der Waals surface area (Å²) >= 11 is 0. The summed E-state index contributed by atoms with van der Waals surface area (Å²) in [6, 6.07) is -0.0752. The van der Waals surface area contributed by atoms with Crippen LogP contribution < -0.4 is 5.32 Å². The van der Waals surface area contributed by atoms with Crippen molar-refractivity contribution in [2.75, 3.05) is 17.3 Å². The molecule has 0 fully saturated rings. The van der Waals surface area contributed by atoms with Gasteiger partial charge in [0.1, 0.15) is 11.4 Å². The molecule has 1 aromatic rings. The lowest BCUT2D eigenvalue weighted by molar-refractivity contribution is 0.0697. The second-order valence-electron chi connectivity index (χ2n) is 4.02. The van der Waals surface area contributed by atoms with Crippen molar-refractivity contribution in [3.63, 3.8) is 0 Å². The van der Waals surface area contributed by atoms with Gasteiger partial charge in [0, 0.05) is 35.9 Å². The molecule has 17 heavy (non-hydrogen) atoms. The van der Waals surface area contributed by atoms with Crippen molar-refractivity contribution < 1.29 is 14.1 Å². The predicted octanol–water partition coefficient (Wildman–Crippen LogP) is 0.606. The fourth-order valence-corrected chi connectivity index (χ4v) is 2.49. The van der Waals surface area contributed by atoms with Crippen LogP contribution in [-0.2, 0) is 17.8 Å². The molecule has 6 nitrogen and oxygen atoms in total. The molecule has 0 aliphatic heterocycles. The molecule has 0 bridgehead atoms. The quantitative estimate of drug-likeness (QED) is 0.809. The Balaban J connectivity index is 2.97. The van der Waals surface area contributed by atoms with Gasteiger partial charge in [-0.2, -0.15) is 5.10 Å².